The van der Waals surface area contributed by atoms with E-state index in [4.69, 9.17) is 4.98 Å². The molecule has 3 aromatic rings. The number of pyridine rings is 1. The Hall–Kier alpha value is -3.03. The van der Waals surface area contributed by atoms with Crippen molar-refractivity contribution >= 4 is 22.9 Å². The van der Waals surface area contributed by atoms with Gasteiger partial charge >= 0.3 is 0 Å². The van der Waals surface area contributed by atoms with Crippen LogP contribution in [0.1, 0.15) is 43.5 Å². The van der Waals surface area contributed by atoms with Crippen LogP contribution >= 0.6 is 0 Å². The van der Waals surface area contributed by atoms with Gasteiger partial charge in [0.15, 0.2) is 17.0 Å². The quantitative estimate of drug-likeness (QED) is 0.717. The number of nitrogens with one attached hydrogen (secondary N) is 1. The lowest BCUT2D eigenvalue weighted by Gasteiger charge is -2.32. The van der Waals surface area contributed by atoms with Gasteiger partial charge in [0.25, 0.3) is 0 Å². The summed E-state index contributed by atoms with van der Waals surface area (Å²) in [5, 5.41) is 3.07. The van der Waals surface area contributed by atoms with E-state index in [1.54, 1.807) is 18.7 Å². The summed E-state index contributed by atoms with van der Waals surface area (Å²) in [6.45, 7) is 3.03. The number of rotatable bonds is 4. The summed E-state index contributed by atoms with van der Waals surface area (Å²) >= 11 is 0. The number of hydrogen-bond acceptors (Lipinski definition) is 6. The minimum absolute atomic E-state index is 0.0547. The van der Waals surface area contributed by atoms with Crippen molar-refractivity contribution in [2.75, 3.05) is 18.0 Å². The van der Waals surface area contributed by atoms with Gasteiger partial charge in [0, 0.05) is 45.0 Å². The molecule has 0 spiro atoms. The van der Waals surface area contributed by atoms with Crippen molar-refractivity contribution in [3.63, 3.8) is 0 Å². The summed E-state index contributed by atoms with van der Waals surface area (Å²) in [5.41, 5.74) is 2.82. The number of amides is 1. The molecule has 2 aliphatic rings. The van der Waals surface area contributed by atoms with Crippen molar-refractivity contribution in [3.05, 3.63) is 42.2 Å². The standard InChI is InChI=1S/C22H27N7O/c30-22(24-13-16-6-4-9-23-12-16)17-7-5-10-28(14-17)20-19-21(26-15-25-20)29-11-3-1-2-8-18(29)27-19/h4,6,9,12,15,17H,1-3,5,7-8,10-11,13-14H2,(H,24,30)/t17-/m1/s1. The van der Waals surface area contributed by atoms with Gasteiger partial charge in [-0.1, -0.05) is 12.5 Å². The monoisotopic (exact) mass is 405 g/mol. The van der Waals surface area contributed by atoms with Crippen molar-refractivity contribution in [1.82, 2.24) is 29.8 Å². The molecule has 0 aliphatic carbocycles. The second kappa shape index (κ2) is 8.38. The summed E-state index contributed by atoms with van der Waals surface area (Å²) < 4.78 is 2.26. The van der Waals surface area contributed by atoms with Crippen molar-refractivity contribution in [2.24, 2.45) is 5.92 Å². The largest absolute Gasteiger partial charge is 0.354 e. The number of imidazole rings is 1. The predicted molar refractivity (Wildman–Crippen MR) is 114 cm³/mol. The molecule has 5 rings (SSSR count). The summed E-state index contributed by atoms with van der Waals surface area (Å²) in [4.78, 5) is 33.2. The van der Waals surface area contributed by atoms with E-state index in [1.165, 1.54) is 19.3 Å². The highest BCUT2D eigenvalue weighted by molar-refractivity contribution is 5.85. The number of aromatic nitrogens is 5. The van der Waals surface area contributed by atoms with Crippen molar-refractivity contribution in [1.29, 1.82) is 0 Å². The molecule has 0 saturated carbocycles. The van der Waals surface area contributed by atoms with Crippen LogP contribution in [-0.2, 0) is 24.3 Å². The number of carbonyl (C=O) groups excluding carboxylic acids is 1. The van der Waals surface area contributed by atoms with Crippen LogP contribution in [-0.4, -0.2) is 43.5 Å². The third-order valence-electron chi connectivity index (χ3n) is 6.16. The first kappa shape index (κ1) is 19.0. The molecule has 0 radical (unpaired) electrons. The highest BCUT2D eigenvalue weighted by Crippen LogP contribution is 2.29. The van der Waals surface area contributed by atoms with E-state index in [9.17, 15) is 4.79 Å². The molecule has 1 saturated heterocycles. The molecule has 30 heavy (non-hydrogen) atoms. The molecule has 1 amide bonds. The molecule has 8 nitrogen and oxygen atoms in total. The fourth-order valence-electron chi connectivity index (χ4n) is 4.58. The van der Waals surface area contributed by atoms with E-state index in [0.717, 1.165) is 60.7 Å². The van der Waals surface area contributed by atoms with Crippen LogP contribution in [0.25, 0.3) is 11.2 Å². The second-order valence-electron chi connectivity index (χ2n) is 8.22. The first-order valence-electron chi connectivity index (χ1n) is 10.9. The Balaban J connectivity index is 1.33. The Labute approximate surface area is 175 Å². The number of hydrogen-bond donors (Lipinski definition) is 1. The molecule has 1 atom stereocenters. The number of fused-ring (bicyclic) bond motifs is 3. The molecular formula is C22H27N7O. The Morgan fingerprint density at radius 1 is 1.17 bits per heavy atom. The number of anilines is 1. The van der Waals surface area contributed by atoms with Gasteiger partial charge < -0.3 is 14.8 Å². The van der Waals surface area contributed by atoms with Gasteiger partial charge in [0.1, 0.15) is 12.2 Å². The number of piperidine rings is 1. The van der Waals surface area contributed by atoms with Crippen LogP contribution in [0, 0.1) is 5.92 Å². The molecule has 156 valence electrons. The number of carbonyl (C=O) groups is 1. The van der Waals surface area contributed by atoms with Crippen LogP contribution in [0.15, 0.2) is 30.9 Å². The summed E-state index contributed by atoms with van der Waals surface area (Å²) in [6.07, 6.45) is 11.6. The molecular weight excluding hydrogens is 378 g/mol. The van der Waals surface area contributed by atoms with Gasteiger partial charge in [0.2, 0.25) is 5.91 Å². The number of nitrogens with zero attached hydrogens (tertiary/aromatic N) is 6. The van der Waals surface area contributed by atoms with Gasteiger partial charge in [-0.15, -0.1) is 0 Å². The lowest BCUT2D eigenvalue weighted by atomic mass is 9.97. The lowest BCUT2D eigenvalue weighted by molar-refractivity contribution is -0.125. The topological polar surface area (TPSA) is 88.8 Å². The van der Waals surface area contributed by atoms with Gasteiger partial charge in [-0.2, -0.15) is 0 Å². The van der Waals surface area contributed by atoms with Gasteiger partial charge in [-0.3, -0.25) is 9.78 Å². The smallest absolute Gasteiger partial charge is 0.225 e. The second-order valence-corrected chi connectivity index (χ2v) is 8.22. The fraction of sp³-hybridized carbons (Fsp3) is 0.500. The Morgan fingerprint density at radius 3 is 3.03 bits per heavy atom. The molecule has 0 bridgehead atoms. The zero-order chi connectivity index (χ0) is 20.3. The molecule has 0 aromatic carbocycles. The average Bonchev–Trinajstić information content (AvgIpc) is 2.99. The Bertz CT molecular complexity index is 1030. The third kappa shape index (κ3) is 3.74. The van der Waals surface area contributed by atoms with Crippen molar-refractivity contribution in [2.45, 2.75) is 51.6 Å². The molecule has 2 aliphatic heterocycles. The zero-order valence-electron chi connectivity index (χ0n) is 17.1. The maximum Gasteiger partial charge on any atom is 0.225 e. The highest BCUT2D eigenvalue weighted by Gasteiger charge is 2.29. The fourth-order valence-corrected chi connectivity index (χ4v) is 4.58. The molecule has 1 N–H and O–H groups in total. The van der Waals surface area contributed by atoms with E-state index in [1.807, 2.05) is 12.1 Å². The van der Waals surface area contributed by atoms with E-state index in [2.05, 4.69) is 29.7 Å². The summed E-state index contributed by atoms with van der Waals surface area (Å²) in [6, 6.07) is 3.86. The van der Waals surface area contributed by atoms with E-state index < -0.39 is 0 Å². The van der Waals surface area contributed by atoms with Crippen LogP contribution in [0.3, 0.4) is 0 Å². The van der Waals surface area contributed by atoms with Crippen LogP contribution in [0.4, 0.5) is 5.82 Å². The van der Waals surface area contributed by atoms with Crippen LogP contribution in [0.5, 0.6) is 0 Å². The third-order valence-corrected chi connectivity index (χ3v) is 6.16. The first-order valence-corrected chi connectivity index (χ1v) is 10.9. The predicted octanol–water partition coefficient (Wildman–Crippen LogP) is 2.48. The SMILES string of the molecule is O=C(NCc1cccnc1)[C@@H]1CCCN(c2ncnc3c2nc2n3CCCCC2)C1. The number of aryl methyl sites for hydroxylation is 2. The molecule has 8 heteroatoms. The minimum atomic E-state index is -0.0547. The summed E-state index contributed by atoms with van der Waals surface area (Å²) in [7, 11) is 0. The van der Waals surface area contributed by atoms with Crippen molar-refractivity contribution < 1.29 is 4.79 Å². The minimum Gasteiger partial charge on any atom is -0.354 e. The maximum atomic E-state index is 12.8. The average molecular weight is 406 g/mol. The molecule has 0 unspecified atom stereocenters. The van der Waals surface area contributed by atoms with E-state index in [0.29, 0.717) is 13.1 Å². The Morgan fingerprint density at radius 2 is 2.13 bits per heavy atom. The Kier molecular flexibility index (Phi) is 5.29. The van der Waals surface area contributed by atoms with E-state index in [-0.39, 0.29) is 11.8 Å². The molecule has 3 aromatic heterocycles. The highest BCUT2D eigenvalue weighted by atomic mass is 16.1. The molecule has 1 fully saturated rings. The lowest BCUT2D eigenvalue weighted by Crippen LogP contribution is -2.43. The van der Waals surface area contributed by atoms with Gasteiger partial charge in [-0.25, -0.2) is 15.0 Å². The van der Waals surface area contributed by atoms with Gasteiger partial charge in [-0.05, 0) is 37.3 Å². The maximum absolute atomic E-state index is 12.8. The van der Waals surface area contributed by atoms with Gasteiger partial charge in [0.05, 0.1) is 5.92 Å². The normalized spacial score (nSPS) is 19.3. The van der Waals surface area contributed by atoms with Crippen LogP contribution < -0.4 is 10.2 Å². The zero-order valence-corrected chi connectivity index (χ0v) is 17.1. The summed E-state index contributed by atoms with van der Waals surface area (Å²) in [5.74, 6) is 2.02. The van der Waals surface area contributed by atoms with Crippen molar-refractivity contribution in [3.8, 4) is 0 Å². The molecule has 5 heterocycles. The van der Waals surface area contributed by atoms with E-state index >= 15 is 0 Å². The van der Waals surface area contributed by atoms with Crippen LogP contribution in [0.2, 0.25) is 0 Å². The first-order chi connectivity index (χ1) is 14.8.